The highest BCUT2D eigenvalue weighted by Gasteiger charge is 2.19. The summed E-state index contributed by atoms with van der Waals surface area (Å²) in [7, 11) is 1.46. The van der Waals surface area contributed by atoms with Gasteiger partial charge in [0.2, 0.25) is 5.13 Å². The molecule has 0 unspecified atom stereocenters. The molecule has 2 aromatic heterocycles. The molecule has 2 heterocycles. The number of furan rings is 1. The lowest BCUT2D eigenvalue weighted by molar-refractivity contribution is -0.384. The van der Waals surface area contributed by atoms with E-state index in [1.54, 1.807) is 24.3 Å². The molecule has 0 atom stereocenters. The molecule has 0 bridgehead atoms. The minimum absolute atomic E-state index is 0.0928. The molecule has 140 valence electrons. The molecule has 28 heavy (non-hydrogen) atoms. The van der Waals surface area contributed by atoms with Crippen molar-refractivity contribution < 1.29 is 14.1 Å². The van der Waals surface area contributed by atoms with Crippen LogP contribution in [0.4, 0.5) is 10.8 Å². The molecule has 9 heteroatoms. The molecule has 8 nitrogen and oxygen atoms in total. The topological polar surface area (TPSA) is 103 Å². The van der Waals surface area contributed by atoms with E-state index < -0.39 is 4.92 Å². The van der Waals surface area contributed by atoms with Gasteiger partial charge in [-0.2, -0.15) is 5.10 Å². The van der Waals surface area contributed by atoms with Gasteiger partial charge in [-0.25, -0.2) is 4.98 Å². The number of benzene rings is 2. The average Bonchev–Trinajstić information content (AvgIpc) is 3.34. The second-order valence-corrected chi connectivity index (χ2v) is 6.73. The highest BCUT2D eigenvalue weighted by atomic mass is 32.1. The van der Waals surface area contributed by atoms with E-state index in [-0.39, 0.29) is 5.69 Å². The maximum atomic E-state index is 11.3. The number of aromatic nitrogens is 1. The summed E-state index contributed by atoms with van der Waals surface area (Å²) in [5.41, 5.74) is 4.04. The molecule has 0 saturated heterocycles. The number of nitrogens with zero attached hydrogens (tertiary/aromatic N) is 3. The largest absolute Gasteiger partial charge is 0.497 e. The summed E-state index contributed by atoms with van der Waals surface area (Å²) in [4.78, 5) is 15.3. The van der Waals surface area contributed by atoms with Gasteiger partial charge in [0.1, 0.15) is 17.3 Å². The molecule has 0 aliphatic heterocycles. The van der Waals surface area contributed by atoms with Gasteiger partial charge in [-0.1, -0.05) is 23.5 Å². The zero-order valence-electron chi connectivity index (χ0n) is 14.7. The maximum absolute atomic E-state index is 11.3. The summed E-state index contributed by atoms with van der Waals surface area (Å²) in [6.45, 7) is 0. The minimum atomic E-state index is -0.469. The van der Waals surface area contributed by atoms with Crippen LogP contribution in [0.5, 0.6) is 5.75 Å². The molecule has 2 aromatic carbocycles. The quantitative estimate of drug-likeness (QED) is 0.283. The van der Waals surface area contributed by atoms with E-state index in [9.17, 15) is 10.1 Å². The number of thiazole rings is 1. The zero-order valence-corrected chi connectivity index (χ0v) is 15.5. The second kappa shape index (κ2) is 7.49. The van der Waals surface area contributed by atoms with E-state index >= 15 is 0 Å². The van der Waals surface area contributed by atoms with Crippen LogP contribution in [-0.2, 0) is 0 Å². The molecule has 0 aliphatic carbocycles. The number of nitrogens with one attached hydrogen (secondary N) is 1. The van der Waals surface area contributed by atoms with Crippen molar-refractivity contribution in [1.82, 2.24) is 4.98 Å². The molecule has 1 N–H and O–H groups in total. The second-order valence-electron chi connectivity index (χ2n) is 5.70. The number of ether oxygens (including phenoxy) is 1. The first-order valence-electron chi connectivity index (χ1n) is 8.21. The monoisotopic (exact) mass is 394 g/mol. The summed E-state index contributed by atoms with van der Waals surface area (Å²) in [5.74, 6) is 1.23. The number of nitro benzene ring substituents is 1. The summed E-state index contributed by atoms with van der Waals surface area (Å²) in [6.07, 6.45) is 1.49. The summed E-state index contributed by atoms with van der Waals surface area (Å²) < 4.78 is 11.8. The standard InChI is InChI=1S/C19H14N4O4S/c1-26-12-6-8-14(16(10-12)23(24)25)17-9-7-13(27-17)11-20-22-19-21-15-4-2-3-5-18(15)28-19/h2-11H,1H3,(H,21,22)/b20-11+. The fraction of sp³-hybridized carbons (Fsp3) is 0.0526. The van der Waals surface area contributed by atoms with E-state index in [0.717, 1.165) is 10.2 Å². The Bertz CT molecular complexity index is 1150. The summed E-state index contributed by atoms with van der Waals surface area (Å²) >= 11 is 1.49. The Balaban J connectivity index is 1.53. The molecule has 0 fully saturated rings. The predicted molar refractivity (Wildman–Crippen MR) is 108 cm³/mol. The van der Waals surface area contributed by atoms with Crippen molar-refractivity contribution in [2.75, 3.05) is 12.5 Å². The smallest absolute Gasteiger partial charge is 0.284 e. The van der Waals surface area contributed by atoms with Gasteiger partial charge in [0.05, 0.1) is 40.1 Å². The lowest BCUT2D eigenvalue weighted by Gasteiger charge is -2.03. The third kappa shape index (κ3) is 3.55. The first-order valence-corrected chi connectivity index (χ1v) is 9.03. The van der Waals surface area contributed by atoms with E-state index in [1.165, 1.54) is 30.7 Å². The van der Waals surface area contributed by atoms with Crippen LogP contribution in [0.15, 0.2) is 64.1 Å². The van der Waals surface area contributed by atoms with Gasteiger partial charge in [0.25, 0.3) is 5.69 Å². The van der Waals surface area contributed by atoms with Crippen molar-refractivity contribution in [2.24, 2.45) is 5.10 Å². The van der Waals surface area contributed by atoms with Crippen LogP contribution in [0.25, 0.3) is 21.5 Å². The number of methoxy groups -OCH3 is 1. The lowest BCUT2D eigenvalue weighted by Crippen LogP contribution is -1.93. The number of rotatable bonds is 6. The van der Waals surface area contributed by atoms with Gasteiger partial charge in [0, 0.05) is 0 Å². The Morgan fingerprint density at radius 1 is 1.25 bits per heavy atom. The molecule has 0 aliphatic rings. The first-order chi connectivity index (χ1) is 13.6. The SMILES string of the molecule is COc1ccc(-c2ccc(/C=N/Nc3nc4ccccc4s3)o2)c([N+](=O)[O-])c1. The number of para-hydroxylation sites is 1. The number of hydrogen-bond acceptors (Lipinski definition) is 8. The van der Waals surface area contributed by atoms with E-state index in [1.807, 2.05) is 24.3 Å². The maximum Gasteiger partial charge on any atom is 0.284 e. The van der Waals surface area contributed by atoms with Crippen molar-refractivity contribution in [3.05, 3.63) is 70.5 Å². The Morgan fingerprint density at radius 2 is 2.11 bits per heavy atom. The normalized spacial score (nSPS) is 11.2. The molecule has 0 amide bonds. The average molecular weight is 394 g/mol. The van der Waals surface area contributed by atoms with Crippen LogP contribution in [0.3, 0.4) is 0 Å². The highest BCUT2D eigenvalue weighted by molar-refractivity contribution is 7.22. The molecular weight excluding hydrogens is 380 g/mol. The third-order valence-electron chi connectivity index (χ3n) is 3.94. The van der Waals surface area contributed by atoms with Gasteiger partial charge in [-0.05, 0) is 36.4 Å². The zero-order chi connectivity index (χ0) is 19.5. The van der Waals surface area contributed by atoms with E-state index in [2.05, 4.69) is 15.5 Å². The van der Waals surface area contributed by atoms with Gasteiger partial charge in [0.15, 0.2) is 0 Å². The first kappa shape index (κ1) is 17.7. The molecule has 4 rings (SSSR count). The van der Waals surface area contributed by atoms with Gasteiger partial charge >= 0.3 is 0 Å². The van der Waals surface area contributed by atoms with Gasteiger partial charge in [-0.15, -0.1) is 0 Å². The number of fused-ring (bicyclic) bond motifs is 1. The van der Waals surface area contributed by atoms with E-state index in [4.69, 9.17) is 9.15 Å². The molecule has 4 aromatic rings. The Labute approximate surface area is 163 Å². The van der Waals surface area contributed by atoms with Crippen molar-refractivity contribution >= 4 is 38.6 Å². The minimum Gasteiger partial charge on any atom is -0.497 e. The van der Waals surface area contributed by atoms with E-state index in [0.29, 0.717) is 28.0 Å². The molecule has 0 saturated carbocycles. The fourth-order valence-electron chi connectivity index (χ4n) is 2.64. The number of hydrogen-bond donors (Lipinski definition) is 1. The fourth-order valence-corrected chi connectivity index (χ4v) is 3.45. The van der Waals surface area contributed by atoms with Crippen LogP contribution in [-0.4, -0.2) is 23.2 Å². The Hall–Kier alpha value is -3.72. The van der Waals surface area contributed by atoms with Crippen LogP contribution in [0, 0.1) is 10.1 Å². The lowest BCUT2D eigenvalue weighted by atomic mass is 10.1. The van der Waals surface area contributed by atoms with Crippen LogP contribution >= 0.6 is 11.3 Å². The highest BCUT2D eigenvalue weighted by Crippen LogP contribution is 2.34. The molecular formula is C19H14N4O4S. The summed E-state index contributed by atoms with van der Waals surface area (Å²) in [5, 5.41) is 16.1. The van der Waals surface area contributed by atoms with Crippen molar-refractivity contribution in [3.8, 4) is 17.1 Å². The number of hydrazone groups is 1. The predicted octanol–water partition coefficient (Wildman–Crippen LogP) is 4.92. The van der Waals surface area contributed by atoms with Crippen molar-refractivity contribution in [2.45, 2.75) is 0 Å². The molecule has 0 radical (unpaired) electrons. The Kier molecular flexibility index (Phi) is 4.73. The van der Waals surface area contributed by atoms with Crippen LogP contribution < -0.4 is 10.2 Å². The Morgan fingerprint density at radius 3 is 2.89 bits per heavy atom. The molecule has 0 spiro atoms. The third-order valence-corrected chi connectivity index (χ3v) is 4.88. The number of nitro groups is 1. The summed E-state index contributed by atoms with van der Waals surface area (Å²) in [6, 6.07) is 15.8. The van der Waals surface area contributed by atoms with Gasteiger partial charge < -0.3 is 9.15 Å². The van der Waals surface area contributed by atoms with Crippen molar-refractivity contribution in [3.63, 3.8) is 0 Å². The van der Waals surface area contributed by atoms with Gasteiger partial charge in [-0.3, -0.25) is 15.5 Å². The van der Waals surface area contributed by atoms with Crippen molar-refractivity contribution in [1.29, 1.82) is 0 Å². The van der Waals surface area contributed by atoms with Crippen LogP contribution in [0.2, 0.25) is 0 Å². The number of anilines is 1. The van der Waals surface area contributed by atoms with Crippen LogP contribution in [0.1, 0.15) is 5.76 Å².